The zero-order valence-electron chi connectivity index (χ0n) is 10.2. The van der Waals surface area contributed by atoms with Crippen LogP contribution in [-0.4, -0.2) is 26.7 Å². The summed E-state index contributed by atoms with van der Waals surface area (Å²) in [7, 11) is 4.17. The number of benzene rings is 1. The summed E-state index contributed by atoms with van der Waals surface area (Å²) < 4.78 is 0. The van der Waals surface area contributed by atoms with E-state index in [0.29, 0.717) is 6.04 Å². The lowest BCUT2D eigenvalue weighted by Gasteiger charge is -2.25. The van der Waals surface area contributed by atoms with Gasteiger partial charge in [0.15, 0.2) is 0 Å². The van der Waals surface area contributed by atoms with Gasteiger partial charge >= 0.3 is 0 Å². The van der Waals surface area contributed by atoms with Crippen molar-refractivity contribution in [3.8, 4) is 0 Å². The molecule has 1 aromatic rings. The molecule has 0 aliphatic carbocycles. The van der Waals surface area contributed by atoms with Gasteiger partial charge in [0, 0.05) is 25.3 Å². The number of nitrogens with zero attached hydrogens (tertiary/aromatic N) is 1. The van der Waals surface area contributed by atoms with Crippen LogP contribution >= 0.6 is 0 Å². The molecule has 0 aliphatic heterocycles. The van der Waals surface area contributed by atoms with Gasteiger partial charge in [0.1, 0.15) is 0 Å². The first kappa shape index (κ1) is 12.1. The van der Waals surface area contributed by atoms with Crippen molar-refractivity contribution in [2.45, 2.75) is 26.3 Å². The summed E-state index contributed by atoms with van der Waals surface area (Å²) in [4.78, 5) is 2.30. The monoisotopic (exact) mass is 206 g/mol. The molecule has 2 heteroatoms. The number of hydrogen-bond donors (Lipinski definition) is 1. The van der Waals surface area contributed by atoms with Crippen molar-refractivity contribution in [1.82, 2.24) is 5.32 Å². The fraction of sp³-hybridized carbons (Fsp3) is 0.538. The second kappa shape index (κ2) is 5.76. The molecule has 0 fully saturated rings. The van der Waals surface area contributed by atoms with E-state index >= 15 is 0 Å². The molecule has 1 rings (SSSR count). The van der Waals surface area contributed by atoms with Gasteiger partial charge in [-0.15, -0.1) is 0 Å². The molecule has 0 aromatic heterocycles. The maximum absolute atomic E-state index is 3.33. The molecule has 0 saturated carbocycles. The van der Waals surface area contributed by atoms with E-state index in [2.05, 4.69) is 55.4 Å². The highest BCUT2D eigenvalue weighted by atomic mass is 15.1. The lowest BCUT2D eigenvalue weighted by molar-refractivity contribution is 0.544. The fourth-order valence-corrected chi connectivity index (χ4v) is 1.73. The van der Waals surface area contributed by atoms with Crippen molar-refractivity contribution in [2.75, 3.05) is 25.5 Å². The molecule has 84 valence electrons. The van der Waals surface area contributed by atoms with Crippen LogP contribution in [0.5, 0.6) is 0 Å². The minimum atomic E-state index is 0.565. The molecule has 0 radical (unpaired) electrons. The Morgan fingerprint density at radius 1 is 1.40 bits per heavy atom. The van der Waals surface area contributed by atoms with Gasteiger partial charge in [-0.05, 0) is 38.1 Å². The van der Waals surface area contributed by atoms with Crippen molar-refractivity contribution in [2.24, 2.45) is 0 Å². The number of nitrogens with one attached hydrogen (secondary N) is 1. The molecule has 1 unspecified atom stereocenters. The standard InChI is InChI=1S/C13H22N2/c1-5-12(14-3)10-15(4)13-8-6-7-11(2)9-13/h6-9,12,14H,5,10H2,1-4H3. The number of rotatable bonds is 5. The first-order valence-electron chi connectivity index (χ1n) is 5.62. The topological polar surface area (TPSA) is 15.3 Å². The minimum absolute atomic E-state index is 0.565. The Morgan fingerprint density at radius 3 is 2.67 bits per heavy atom. The van der Waals surface area contributed by atoms with Gasteiger partial charge in [0.05, 0.1) is 0 Å². The van der Waals surface area contributed by atoms with E-state index in [0.717, 1.165) is 13.0 Å². The van der Waals surface area contributed by atoms with Crippen LogP contribution in [0.1, 0.15) is 18.9 Å². The van der Waals surface area contributed by atoms with Crippen LogP contribution in [0.25, 0.3) is 0 Å². The molecule has 0 amide bonds. The maximum atomic E-state index is 3.33. The van der Waals surface area contributed by atoms with E-state index in [9.17, 15) is 0 Å². The van der Waals surface area contributed by atoms with E-state index < -0.39 is 0 Å². The molecule has 0 spiro atoms. The first-order valence-corrected chi connectivity index (χ1v) is 5.62. The van der Waals surface area contributed by atoms with Crippen molar-refractivity contribution in [3.05, 3.63) is 29.8 Å². The van der Waals surface area contributed by atoms with E-state index in [1.165, 1.54) is 11.3 Å². The van der Waals surface area contributed by atoms with Gasteiger partial charge in [-0.3, -0.25) is 0 Å². The molecule has 15 heavy (non-hydrogen) atoms. The normalized spacial score (nSPS) is 12.5. The summed E-state index contributed by atoms with van der Waals surface area (Å²) in [5, 5.41) is 3.33. The van der Waals surface area contributed by atoms with Crippen LogP contribution in [0.4, 0.5) is 5.69 Å². The third kappa shape index (κ3) is 3.56. The van der Waals surface area contributed by atoms with E-state index in [1.54, 1.807) is 0 Å². The Morgan fingerprint density at radius 2 is 2.13 bits per heavy atom. The van der Waals surface area contributed by atoms with Crippen LogP contribution in [-0.2, 0) is 0 Å². The SMILES string of the molecule is CCC(CN(C)c1cccc(C)c1)NC. The summed E-state index contributed by atoms with van der Waals surface area (Å²) in [6.07, 6.45) is 1.16. The largest absolute Gasteiger partial charge is 0.373 e. The van der Waals surface area contributed by atoms with Crippen LogP contribution < -0.4 is 10.2 Å². The Hall–Kier alpha value is -1.02. The molecule has 0 bridgehead atoms. The molecular formula is C13H22N2. The maximum Gasteiger partial charge on any atom is 0.0366 e. The van der Waals surface area contributed by atoms with Gasteiger partial charge in [0.2, 0.25) is 0 Å². The summed E-state index contributed by atoms with van der Waals surface area (Å²) in [5.41, 5.74) is 2.61. The molecule has 2 nitrogen and oxygen atoms in total. The predicted molar refractivity (Wildman–Crippen MR) is 67.6 cm³/mol. The molecule has 0 saturated heterocycles. The van der Waals surface area contributed by atoms with Gasteiger partial charge in [-0.1, -0.05) is 19.1 Å². The average Bonchev–Trinajstić information content (AvgIpc) is 2.25. The lowest BCUT2D eigenvalue weighted by Crippen LogP contribution is -2.37. The second-order valence-corrected chi connectivity index (χ2v) is 4.11. The quantitative estimate of drug-likeness (QED) is 0.796. The first-order chi connectivity index (χ1) is 7.17. The molecule has 0 heterocycles. The minimum Gasteiger partial charge on any atom is -0.373 e. The fourth-order valence-electron chi connectivity index (χ4n) is 1.73. The van der Waals surface area contributed by atoms with Crippen LogP contribution in [0, 0.1) is 6.92 Å². The predicted octanol–water partition coefficient (Wildman–Crippen LogP) is 2.43. The summed E-state index contributed by atoms with van der Waals surface area (Å²) in [6.45, 7) is 5.40. The number of anilines is 1. The van der Waals surface area contributed by atoms with E-state index in [-0.39, 0.29) is 0 Å². The smallest absolute Gasteiger partial charge is 0.0366 e. The van der Waals surface area contributed by atoms with Gasteiger partial charge in [-0.25, -0.2) is 0 Å². The zero-order valence-corrected chi connectivity index (χ0v) is 10.2. The lowest BCUT2D eigenvalue weighted by atomic mass is 10.2. The molecule has 1 atom stereocenters. The zero-order chi connectivity index (χ0) is 11.3. The van der Waals surface area contributed by atoms with Crippen molar-refractivity contribution in [1.29, 1.82) is 0 Å². The van der Waals surface area contributed by atoms with Crippen molar-refractivity contribution >= 4 is 5.69 Å². The van der Waals surface area contributed by atoms with Gasteiger partial charge in [0.25, 0.3) is 0 Å². The van der Waals surface area contributed by atoms with Crippen LogP contribution in [0.15, 0.2) is 24.3 Å². The van der Waals surface area contributed by atoms with Gasteiger partial charge < -0.3 is 10.2 Å². The third-order valence-electron chi connectivity index (χ3n) is 2.84. The second-order valence-electron chi connectivity index (χ2n) is 4.11. The average molecular weight is 206 g/mol. The van der Waals surface area contributed by atoms with Gasteiger partial charge in [-0.2, -0.15) is 0 Å². The van der Waals surface area contributed by atoms with E-state index in [4.69, 9.17) is 0 Å². The van der Waals surface area contributed by atoms with Crippen molar-refractivity contribution in [3.63, 3.8) is 0 Å². The van der Waals surface area contributed by atoms with Crippen LogP contribution in [0.3, 0.4) is 0 Å². The Bertz CT molecular complexity index is 292. The molecule has 1 N–H and O–H groups in total. The Kier molecular flexibility index (Phi) is 4.63. The van der Waals surface area contributed by atoms with E-state index in [1.807, 2.05) is 7.05 Å². The summed E-state index contributed by atoms with van der Waals surface area (Å²) in [6, 6.07) is 9.20. The Labute approximate surface area is 93.3 Å². The van der Waals surface area contributed by atoms with Crippen LogP contribution in [0.2, 0.25) is 0 Å². The number of hydrogen-bond acceptors (Lipinski definition) is 2. The number of likely N-dealkylation sites (N-methyl/N-ethyl adjacent to an activating group) is 2. The number of aryl methyl sites for hydroxylation is 1. The molecule has 1 aromatic carbocycles. The third-order valence-corrected chi connectivity index (χ3v) is 2.84. The summed E-state index contributed by atoms with van der Waals surface area (Å²) >= 11 is 0. The highest BCUT2D eigenvalue weighted by Crippen LogP contribution is 2.14. The molecular weight excluding hydrogens is 184 g/mol. The Balaban J connectivity index is 2.64. The highest BCUT2D eigenvalue weighted by Gasteiger charge is 2.07. The summed E-state index contributed by atoms with van der Waals surface area (Å²) in [5.74, 6) is 0. The highest BCUT2D eigenvalue weighted by molar-refractivity contribution is 5.47. The molecule has 0 aliphatic rings. The van der Waals surface area contributed by atoms with Crippen molar-refractivity contribution < 1.29 is 0 Å².